The zero-order valence-electron chi connectivity index (χ0n) is 13.6. The molecule has 0 spiro atoms. The fraction of sp³-hybridized carbons (Fsp3) is 0.263. The maximum absolute atomic E-state index is 5.94. The second-order valence-corrected chi connectivity index (χ2v) is 5.98. The van der Waals surface area contributed by atoms with Gasteiger partial charge in [0, 0.05) is 24.9 Å². The van der Waals surface area contributed by atoms with Crippen LogP contribution in [0.25, 0.3) is 11.3 Å². The van der Waals surface area contributed by atoms with Crippen LogP contribution in [0.15, 0.2) is 28.7 Å². The van der Waals surface area contributed by atoms with Crippen LogP contribution in [-0.4, -0.2) is 30.5 Å². The van der Waals surface area contributed by atoms with Gasteiger partial charge in [0.2, 0.25) is 0 Å². The Labute approximate surface area is 133 Å². The topological polar surface area (TPSA) is 29.3 Å². The molecule has 0 atom stereocenters. The Bertz CT molecular complexity index is 627. The first kappa shape index (κ1) is 15.3. The highest BCUT2D eigenvalue weighted by Gasteiger charge is 2.35. The van der Waals surface area contributed by atoms with Gasteiger partial charge in [-0.15, -0.1) is 0 Å². The average Bonchev–Trinajstić information content (AvgIpc) is 3.05. The first-order valence-electron chi connectivity index (χ1n) is 7.49. The number of aromatic nitrogens is 1. The van der Waals surface area contributed by atoms with E-state index in [4.69, 9.17) is 4.42 Å². The predicted molar refractivity (Wildman–Crippen MR) is 88.5 cm³/mol. The number of benzene rings is 1. The van der Waals surface area contributed by atoms with Gasteiger partial charge in [-0.3, -0.25) is 0 Å². The molecule has 1 aliphatic carbocycles. The summed E-state index contributed by atoms with van der Waals surface area (Å²) in [5.41, 5.74) is 3.25. The maximum atomic E-state index is 5.94. The van der Waals surface area contributed by atoms with Gasteiger partial charge in [0.1, 0.15) is 11.5 Å². The summed E-state index contributed by atoms with van der Waals surface area (Å²) >= 11 is 0. The molecule has 5 radical (unpaired) electrons. The summed E-state index contributed by atoms with van der Waals surface area (Å²) in [7, 11) is 4.15. The molecule has 1 aliphatic rings. The number of oxazole rings is 1. The molecule has 0 bridgehead atoms. The molecular weight excluding hydrogens is 272 g/mol. The fourth-order valence-electron chi connectivity index (χ4n) is 2.67. The smallest absolute Gasteiger partial charge is 0.191 e. The summed E-state index contributed by atoms with van der Waals surface area (Å²) in [6.45, 7) is 4.87. The number of nitrogens with zero attached hydrogens (tertiary/aromatic N) is 2. The largest absolute Gasteiger partial charge is 0.445 e. The zero-order chi connectivity index (χ0) is 15.7. The molecule has 22 heavy (non-hydrogen) atoms. The van der Waals surface area contributed by atoms with Gasteiger partial charge in [-0.05, 0) is 40.3 Å². The van der Waals surface area contributed by atoms with Crippen molar-refractivity contribution in [2.75, 3.05) is 20.6 Å². The zero-order valence-corrected chi connectivity index (χ0v) is 13.6. The van der Waals surface area contributed by atoms with Crippen LogP contribution in [0.4, 0.5) is 0 Å². The van der Waals surface area contributed by atoms with Gasteiger partial charge in [0.05, 0.1) is 5.92 Å². The van der Waals surface area contributed by atoms with Crippen LogP contribution in [0.2, 0.25) is 0 Å². The Morgan fingerprint density at radius 3 is 2.45 bits per heavy atom. The van der Waals surface area contributed by atoms with E-state index in [9.17, 15) is 0 Å². The highest BCUT2D eigenvalue weighted by molar-refractivity contribution is 5.69. The lowest BCUT2D eigenvalue weighted by Crippen LogP contribution is -2.22. The van der Waals surface area contributed by atoms with E-state index in [0.29, 0.717) is 5.89 Å². The minimum absolute atomic E-state index is 0.697. The summed E-state index contributed by atoms with van der Waals surface area (Å²) in [4.78, 5) is 6.77. The Morgan fingerprint density at radius 1 is 1.05 bits per heavy atom. The van der Waals surface area contributed by atoms with E-state index in [0.717, 1.165) is 29.5 Å². The first-order valence-corrected chi connectivity index (χ1v) is 7.49. The second-order valence-electron chi connectivity index (χ2n) is 5.98. The Balaban J connectivity index is 1.95. The molecule has 0 N–H and O–H groups in total. The maximum Gasteiger partial charge on any atom is 0.191 e. The van der Waals surface area contributed by atoms with Crippen molar-refractivity contribution in [2.24, 2.45) is 0 Å². The third-order valence-corrected chi connectivity index (χ3v) is 3.70. The molecule has 3 heteroatoms. The number of rotatable bonds is 4. The molecule has 1 heterocycles. The van der Waals surface area contributed by atoms with Gasteiger partial charge in [-0.25, -0.2) is 4.98 Å². The van der Waals surface area contributed by atoms with Crippen molar-refractivity contribution in [1.29, 1.82) is 0 Å². The van der Waals surface area contributed by atoms with E-state index in [1.54, 1.807) is 0 Å². The first-order chi connectivity index (χ1) is 10.5. The Kier molecular flexibility index (Phi) is 4.34. The predicted octanol–water partition coefficient (Wildman–Crippen LogP) is 3.64. The van der Waals surface area contributed by atoms with Gasteiger partial charge in [-0.1, -0.05) is 29.8 Å². The lowest BCUT2D eigenvalue weighted by atomic mass is 9.90. The lowest BCUT2D eigenvalue weighted by Gasteiger charge is -2.20. The van der Waals surface area contributed by atoms with E-state index in [-0.39, 0.29) is 0 Å². The molecule has 0 unspecified atom stereocenters. The monoisotopic (exact) mass is 293 g/mol. The lowest BCUT2D eigenvalue weighted by molar-refractivity contribution is 0.422. The van der Waals surface area contributed by atoms with E-state index in [1.165, 1.54) is 11.5 Å². The molecule has 0 aliphatic heterocycles. The molecule has 3 rings (SSSR count). The second kappa shape index (κ2) is 6.25. The highest BCUT2D eigenvalue weighted by Crippen LogP contribution is 2.42. The summed E-state index contributed by atoms with van der Waals surface area (Å²) in [6, 6.07) is 8.42. The van der Waals surface area contributed by atoms with E-state index < -0.39 is 0 Å². The molecule has 1 aromatic heterocycles. The van der Waals surface area contributed by atoms with Crippen LogP contribution in [0.3, 0.4) is 0 Å². The van der Waals surface area contributed by atoms with Crippen molar-refractivity contribution in [3.05, 3.63) is 72.6 Å². The molecular formula is C19H21N2O. The van der Waals surface area contributed by atoms with Gasteiger partial charge in [0.25, 0.3) is 0 Å². The number of aryl methyl sites for hydroxylation is 2. The molecule has 0 saturated heterocycles. The molecule has 1 aromatic carbocycles. The molecule has 1 fully saturated rings. The van der Waals surface area contributed by atoms with Crippen molar-refractivity contribution in [2.45, 2.75) is 13.8 Å². The van der Waals surface area contributed by atoms with Crippen LogP contribution in [0.5, 0.6) is 0 Å². The Hall–Kier alpha value is -1.61. The van der Waals surface area contributed by atoms with Crippen molar-refractivity contribution in [3.8, 4) is 11.3 Å². The van der Waals surface area contributed by atoms with Gasteiger partial charge in [-0.2, -0.15) is 0 Å². The van der Waals surface area contributed by atoms with E-state index >= 15 is 0 Å². The normalized spacial score (nSPS) is 16.8. The molecule has 0 amide bonds. The highest BCUT2D eigenvalue weighted by atomic mass is 16.4. The molecule has 113 valence electrons. The minimum atomic E-state index is 0.697. The van der Waals surface area contributed by atoms with Crippen LogP contribution in [0, 0.1) is 44.9 Å². The van der Waals surface area contributed by atoms with Crippen molar-refractivity contribution in [3.63, 3.8) is 0 Å². The van der Waals surface area contributed by atoms with E-state index in [2.05, 4.69) is 74.4 Å². The summed E-state index contributed by atoms with van der Waals surface area (Å²) in [5.74, 6) is 3.95. The van der Waals surface area contributed by atoms with Crippen molar-refractivity contribution < 1.29 is 4.42 Å². The summed E-state index contributed by atoms with van der Waals surface area (Å²) < 4.78 is 5.94. The fourth-order valence-corrected chi connectivity index (χ4v) is 2.67. The molecule has 1 saturated carbocycles. The molecule has 3 nitrogen and oxygen atoms in total. The van der Waals surface area contributed by atoms with Crippen LogP contribution in [-0.2, 0) is 0 Å². The average molecular weight is 293 g/mol. The van der Waals surface area contributed by atoms with Gasteiger partial charge < -0.3 is 9.32 Å². The van der Waals surface area contributed by atoms with E-state index in [1.807, 2.05) is 6.92 Å². The van der Waals surface area contributed by atoms with Crippen LogP contribution in [0.1, 0.15) is 17.2 Å². The van der Waals surface area contributed by atoms with Gasteiger partial charge >= 0.3 is 0 Å². The van der Waals surface area contributed by atoms with Crippen molar-refractivity contribution in [1.82, 2.24) is 9.88 Å². The van der Waals surface area contributed by atoms with Gasteiger partial charge in [0.15, 0.2) is 5.89 Å². The van der Waals surface area contributed by atoms with Crippen molar-refractivity contribution >= 4 is 0 Å². The van der Waals surface area contributed by atoms with Crippen LogP contribution < -0.4 is 0 Å². The standard InChI is InChI=1S/C19H21N2O/c1-13-8-10-15(11-9-13)18-19(22-14(2)20-18)17-7-5-6-16(17)12-21(3)4/h5-11H,12H2,1-4H3. The third kappa shape index (κ3) is 3.09. The quantitative estimate of drug-likeness (QED) is 0.862. The Morgan fingerprint density at radius 2 is 1.77 bits per heavy atom. The summed E-state index contributed by atoms with van der Waals surface area (Å²) in [5, 5.41) is 0. The SMILES string of the molecule is Cc1ccc(-c2nc(C)oc2[C]2[CH][CH][CH][C]2CN(C)C)cc1. The van der Waals surface area contributed by atoms with Crippen LogP contribution >= 0.6 is 0 Å². The minimum Gasteiger partial charge on any atom is -0.445 e. The third-order valence-electron chi connectivity index (χ3n) is 3.70. The number of hydrogen-bond donors (Lipinski definition) is 0. The summed E-state index contributed by atoms with van der Waals surface area (Å²) in [6.07, 6.45) is 6.33. The molecule has 2 aromatic rings. The number of hydrogen-bond acceptors (Lipinski definition) is 3.